The highest BCUT2D eigenvalue weighted by atomic mass is 19.1. The number of nitrogens with zero attached hydrogens (tertiary/aromatic N) is 1. The van der Waals surface area contributed by atoms with Gasteiger partial charge < -0.3 is 10.6 Å². The fraction of sp³-hybridized carbons (Fsp3) is 0.333. The van der Waals surface area contributed by atoms with Crippen LogP contribution in [-0.2, 0) is 0 Å². The Balaban J connectivity index is 2.52. The number of nitrogens with one attached hydrogen (secondary N) is 2. The van der Waals surface area contributed by atoms with Crippen molar-refractivity contribution in [2.75, 3.05) is 5.32 Å². The molecule has 4 nitrogen and oxygen atoms in total. The summed E-state index contributed by atoms with van der Waals surface area (Å²) in [5.74, 6) is -0.570. The van der Waals surface area contributed by atoms with E-state index in [-0.39, 0.29) is 12.1 Å². The summed E-state index contributed by atoms with van der Waals surface area (Å²) in [5, 5.41) is 5.16. The number of amides is 2. The molecule has 1 heterocycles. The maximum absolute atomic E-state index is 12.4. The molecule has 0 saturated carbocycles. The number of hydrogen-bond acceptors (Lipinski definition) is 2. The van der Waals surface area contributed by atoms with Gasteiger partial charge in [-0.1, -0.05) is 0 Å². The molecule has 0 bridgehead atoms. The molecule has 1 rings (SSSR count). The van der Waals surface area contributed by atoms with Crippen LogP contribution in [0.25, 0.3) is 0 Å². The van der Waals surface area contributed by atoms with Crippen molar-refractivity contribution in [1.82, 2.24) is 10.3 Å². The Morgan fingerprint density at radius 3 is 2.71 bits per heavy atom. The quantitative estimate of drug-likeness (QED) is 0.709. The van der Waals surface area contributed by atoms with Crippen LogP contribution < -0.4 is 10.6 Å². The Kier molecular flexibility index (Phi) is 3.39. The van der Waals surface area contributed by atoms with Crippen LogP contribution in [0.1, 0.15) is 13.8 Å². The molecule has 2 amide bonds. The van der Waals surface area contributed by atoms with E-state index in [2.05, 4.69) is 15.6 Å². The average molecular weight is 197 g/mol. The number of hydrogen-bond donors (Lipinski definition) is 2. The van der Waals surface area contributed by atoms with Gasteiger partial charge >= 0.3 is 6.03 Å². The predicted molar refractivity (Wildman–Crippen MR) is 51.5 cm³/mol. The van der Waals surface area contributed by atoms with E-state index in [1.165, 1.54) is 18.3 Å². The summed E-state index contributed by atoms with van der Waals surface area (Å²) in [6.45, 7) is 3.70. The van der Waals surface area contributed by atoms with Crippen molar-refractivity contribution >= 4 is 11.7 Å². The van der Waals surface area contributed by atoms with Crippen molar-refractivity contribution < 1.29 is 9.18 Å². The van der Waals surface area contributed by atoms with E-state index in [0.717, 1.165) is 0 Å². The van der Waals surface area contributed by atoms with Gasteiger partial charge in [0.1, 0.15) is 0 Å². The first-order chi connectivity index (χ1) is 6.58. The van der Waals surface area contributed by atoms with Gasteiger partial charge in [-0.25, -0.2) is 9.78 Å². The first-order valence-electron chi connectivity index (χ1n) is 4.27. The van der Waals surface area contributed by atoms with Crippen LogP contribution >= 0.6 is 0 Å². The molecule has 76 valence electrons. The van der Waals surface area contributed by atoms with Crippen LogP contribution in [0.4, 0.5) is 14.9 Å². The predicted octanol–water partition coefficient (Wildman–Crippen LogP) is 1.75. The van der Waals surface area contributed by atoms with Crippen LogP contribution in [0, 0.1) is 5.95 Å². The minimum Gasteiger partial charge on any atom is -0.336 e. The van der Waals surface area contributed by atoms with Crippen LogP contribution in [0.2, 0.25) is 0 Å². The zero-order valence-electron chi connectivity index (χ0n) is 8.04. The van der Waals surface area contributed by atoms with E-state index in [4.69, 9.17) is 0 Å². The lowest BCUT2D eigenvalue weighted by Crippen LogP contribution is -2.34. The number of rotatable bonds is 2. The lowest BCUT2D eigenvalue weighted by Gasteiger charge is -2.09. The van der Waals surface area contributed by atoms with Gasteiger partial charge in [-0.05, 0) is 26.0 Å². The van der Waals surface area contributed by atoms with Gasteiger partial charge in [0.05, 0.1) is 11.9 Å². The molecule has 0 aliphatic rings. The second-order valence-corrected chi connectivity index (χ2v) is 3.12. The van der Waals surface area contributed by atoms with Crippen LogP contribution in [0.3, 0.4) is 0 Å². The number of carbonyl (C=O) groups is 1. The summed E-state index contributed by atoms with van der Waals surface area (Å²) in [4.78, 5) is 14.6. The first kappa shape index (κ1) is 10.4. The number of halogens is 1. The van der Waals surface area contributed by atoms with Crippen molar-refractivity contribution in [3.63, 3.8) is 0 Å². The van der Waals surface area contributed by atoms with Crippen LogP contribution in [0.15, 0.2) is 18.3 Å². The van der Waals surface area contributed by atoms with Crippen molar-refractivity contribution in [3.05, 3.63) is 24.3 Å². The molecule has 0 unspecified atom stereocenters. The zero-order chi connectivity index (χ0) is 10.6. The van der Waals surface area contributed by atoms with Crippen molar-refractivity contribution in [2.45, 2.75) is 19.9 Å². The van der Waals surface area contributed by atoms with Crippen molar-refractivity contribution in [1.29, 1.82) is 0 Å². The minimum absolute atomic E-state index is 0.0587. The summed E-state index contributed by atoms with van der Waals surface area (Å²) < 4.78 is 12.4. The van der Waals surface area contributed by atoms with Gasteiger partial charge in [0.15, 0.2) is 0 Å². The molecular weight excluding hydrogens is 185 g/mol. The van der Waals surface area contributed by atoms with E-state index in [1.54, 1.807) is 0 Å². The van der Waals surface area contributed by atoms with E-state index in [9.17, 15) is 9.18 Å². The normalized spacial score (nSPS) is 10.0. The minimum atomic E-state index is -0.570. The highest BCUT2D eigenvalue weighted by molar-refractivity contribution is 5.89. The van der Waals surface area contributed by atoms with Gasteiger partial charge in [0.2, 0.25) is 5.95 Å². The lowest BCUT2D eigenvalue weighted by atomic mass is 10.4. The van der Waals surface area contributed by atoms with E-state index in [0.29, 0.717) is 5.69 Å². The molecule has 0 aromatic carbocycles. The summed E-state index contributed by atoms with van der Waals surface area (Å²) >= 11 is 0. The molecule has 1 aromatic rings. The third kappa shape index (κ3) is 3.38. The summed E-state index contributed by atoms with van der Waals surface area (Å²) in [6.07, 6.45) is 1.26. The lowest BCUT2D eigenvalue weighted by molar-refractivity contribution is 0.250. The summed E-state index contributed by atoms with van der Waals surface area (Å²) in [7, 11) is 0. The molecule has 0 atom stereocenters. The second-order valence-electron chi connectivity index (χ2n) is 3.12. The molecular formula is C9H12FN3O. The van der Waals surface area contributed by atoms with E-state index >= 15 is 0 Å². The first-order valence-corrected chi connectivity index (χ1v) is 4.27. The van der Waals surface area contributed by atoms with Gasteiger partial charge in [0, 0.05) is 6.04 Å². The third-order valence-corrected chi connectivity index (χ3v) is 1.41. The number of carbonyl (C=O) groups excluding carboxylic acids is 1. The fourth-order valence-corrected chi connectivity index (χ4v) is 0.879. The Hall–Kier alpha value is -1.65. The molecule has 1 aromatic heterocycles. The molecule has 0 radical (unpaired) electrons. The molecule has 14 heavy (non-hydrogen) atoms. The van der Waals surface area contributed by atoms with Gasteiger partial charge in [0.25, 0.3) is 0 Å². The molecule has 5 heteroatoms. The standard InChI is InChI=1S/C9H12FN3O/c1-6(2)12-9(14)13-7-3-4-8(10)11-5-7/h3-6H,1-2H3,(H2,12,13,14). The van der Waals surface area contributed by atoms with Crippen molar-refractivity contribution in [3.8, 4) is 0 Å². The highest BCUT2D eigenvalue weighted by Gasteiger charge is 2.02. The Bertz CT molecular complexity index is 310. The van der Waals surface area contributed by atoms with Gasteiger partial charge in [-0.15, -0.1) is 0 Å². The van der Waals surface area contributed by atoms with Crippen molar-refractivity contribution in [2.24, 2.45) is 0 Å². The molecule has 0 saturated heterocycles. The number of pyridine rings is 1. The maximum atomic E-state index is 12.4. The highest BCUT2D eigenvalue weighted by Crippen LogP contribution is 2.04. The Morgan fingerprint density at radius 2 is 2.21 bits per heavy atom. The third-order valence-electron chi connectivity index (χ3n) is 1.41. The summed E-state index contributed by atoms with van der Waals surface area (Å²) in [5.41, 5.74) is 0.463. The summed E-state index contributed by atoms with van der Waals surface area (Å²) in [6, 6.07) is 2.37. The Morgan fingerprint density at radius 1 is 1.50 bits per heavy atom. The SMILES string of the molecule is CC(C)NC(=O)Nc1ccc(F)nc1. The van der Waals surface area contributed by atoms with E-state index < -0.39 is 5.95 Å². The molecule has 0 aliphatic heterocycles. The monoisotopic (exact) mass is 197 g/mol. The molecule has 0 aliphatic carbocycles. The Labute approximate surface area is 81.5 Å². The van der Waals surface area contributed by atoms with E-state index in [1.807, 2.05) is 13.8 Å². The maximum Gasteiger partial charge on any atom is 0.319 e. The fourth-order valence-electron chi connectivity index (χ4n) is 0.879. The molecule has 0 fully saturated rings. The second kappa shape index (κ2) is 4.55. The van der Waals surface area contributed by atoms with Crippen LogP contribution in [0.5, 0.6) is 0 Å². The topological polar surface area (TPSA) is 54.0 Å². The smallest absolute Gasteiger partial charge is 0.319 e. The number of aromatic nitrogens is 1. The average Bonchev–Trinajstić information content (AvgIpc) is 2.07. The van der Waals surface area contributed by atoms with Gasteiger partial charge in [-0.3, -0.25) is 0 Å². The van der Waals surface area contributed by atoms with Gasteiger partial charge in [-0.2, -0.15) is 4.39 Å². The largest absolute Gasteiger partial charge is 0.336 e. The van der Waals surface area contributed by atoms with Crippen LogP contribution in [-0.4, -0.2) is 17.1 Å². The molecule has 2 N–H and O–H groups in total. The number of urea groups is 1. The molecule has 0 spiro atoms. The number of anilines is 1. The zero-order valence-corrected chi connectivity index (χ0v) is 8.04.